The van der Waals surface area contributed by atoms with E-state index in [-0.39, 0.29) is 18.0 Å². The summed E-state index contributed by atoms with van der Waals surface area (Å²) in [5, 5.41) is 10.4. The Morgan fingerprint density at radius 2 is 1.88 bits per heavy atom. The van der Waals surface area contributed by atoms with Crippen LogP contribution >= 0.6 is 0 Å². The van der Waals surface area contributed by atoms with Crippen molar-refractivity contribution in [3.05, 3.63) is 66.5 Å². The summed E-state index contributed by atoms with van der Waals surface area (Å²) in [6, 6.07) is 11.8. The molecule has 0 saturated heterocycles. The van der Waals surface area contributed by atoms with Crippen molar-refractivity contribution >= 4 is 11.6 Å². The summed E-state index contributed by atoms with van der Waals surface area (Å²) in [7, 11) is 0. The van der Waals surface area contributed by atoms with Crippen molar-refractivity contribution in [2.45, 2.75) is 32.9 Å². The summed E-state index contributed by atoms with van der Waals surface area (Å²) in [4.78, 5) is 20.2. The standard InChI is InChI=1S/C19H22N6O/c1-13(2)23-19(26)18-10-16(8-9-21-18)24-14(3)15-4-6-17(7-5-15)25-12-20-11-22-25/h4-14H,1-3H3,(H,21,24)(H,23,26). The Labute approximate surface area is 152 Å². The highest BCUT2D eigenvalue weighted by Crippen LogP contribution is 2.20. The van der Waals surface area contributed by atoms with E-state index < -0.39 is 0 Å². The fourth-order valence-corrected chi connectivity index (χ4v) is 2.57. The van der Waals surface area contributed by atoms with Gasteiger partial charge in [-0.25, -0.2) is 9.67 Å². The second-order valence-corrected chi connectivity index (χ2v) is 6.36. The molecule has 2 N–H and O–H groups in total. The Morgan fingerprint density at radius 1 is 1.12 bits per heavy atom. The topological polar surface area (TPSA) is 84.7 Å². The van der Waals surface area contributed by atoms with Crippen LogP contribution in [0.15, 0.2) is 55.2 Å². The molecule has 0 bridgehead atoms. The Hall–Kier alpha value is -3.22. The predicted octanol–water partition coefficient (Wildman–Crippen LogP) is 2.97. The molecule has 0 spiro atoms. The quantitative estimate of drug-likeness (QED) is 0.714. The van der Waals surface area contributed by atoms with Crippen molar-refractivity contribution in [1.82, 2.24) is 25.1 Å². The van der Waals surface area contributed by atoms with Gasteiger partial charge in [0.05, 0.1) is 5.69 Å². The Morgan fingerprint density at radius 3 is 2.54 bits per heavy atom. The minimum atomic E-state index is -0.173. The minimum absolute atomic E-state index is 0.0724. The number of hydrogen-bond donors (Lipinski definition) is 2. The number of nitrogens with zero attached hydrogens (tertiary/aromatic N) is 4. The zero-order valence-electron chi connectivity index (χ0n) is 15.0. The third-order valence-electron chi connectivity index (χ3n) is 3.87. The van der Waals surface area contributed by atoms with E-state index in [9.17, 15) is 4.79 Å². The van der Waals surface area contributed by atoms with Gasteiger partial charge in [0.1, 0.15) is 18.3 Å². The zero-order chi connectivity index (χ0) is 18.5. The van der Waals surface area contributed by atoms with Gasteiger partial charge in [0.15, 0.2) is 0 Å². The van der Waals surface area contributed by atoms with Crippen molar-refractivity contribution in [2.75, 3.05) is 5.32 Å². The number of nitrogens with one attached hydrogen (secondary N) is 2. The molecule has 7 nitrogen and oxygen atoms in total. The van der Waals surface area contributed by atoms with E-state index >= 15 is 0 Å². The summed E-state index contributed by atoms with van der Waals surface area (Å²) < 4.78 is 1.71. The Balaban J connectivity index is 1.69. The van der Waals surface area contributed by atoms with Gasteiger partial charge in [0.25, 0.3) is 5.91 Å². The zero-order valence-corrected chi connectivity index (χ0v) is 15.0. The van der Waals surface area contributed by atoms with E-state index in [0.717, 1.165) is 16.9 Å². The van der Waals surface area contributed by atoms with E-state index in [4.69, 9.17) is 0 Å². The fourth-order valence-electron chi connectivity index (χ4n) is 2.57. The van der Waals surface area contributed by atoms with E-state index in [1.54, 1.807) is 23.3 Å². The number of amides is 1. The lowest BCUT2D eigenvalue weighted by atomic mass is 10.1. The van der Waals surface area contributed by atoms with Gasteiger partial charge in [0, 0.05) is 24.0 Å². The highest BCUT2D eigenvalue weighted by atomic mass is 16.1. The summed E-state index contributed by atoms with van der Waals surface area (Å²) in [5.41, 5.74) is 3.33. The van der Waals surface area contributed by atoms with E-state index in [2.05, 4.69) is 32.6 Å². The number of hydrogen-bond acceptors (Lipinski definition) is 5. The summed E-state index contributed by atoms with van der Waals surface area (Å²) >= 11 is 0. The van der Waals surface area contributed by atoms with Gasteiger partial charge in [-0.15, -0.1) is 0 Å². The predicted molar refractivity (Wildman–Crippen MR) is 100 cm³/mol. The molecule has 134 valence electrons. The van der Waals surface area contributed by atoms with Crippen LogP contribution < -0.4 is 10.6 Å². The lowest BCUT2D eigenvalue weighted by Gasteiger charge is -2.17. The molecule has 1 unspecified atom stereocenters. The van der Waals surface area contributed by atoms with Crippen LogP contribution in [0.3, 0.4) is 0 Å². The van der Waals surface area contributed by atoms with Crippen molar-refractivity contribution < 1.29 is 4.79 Å². The molecule has 0 radical (unpaired) electrons. The molecule has 7 heteroatoms. The third-order valence-corrected chi connectivity index (χ3v) is 3.87. The Bertz CT molecular complexity index is 858. The maximum atomic E-state index is 12.1. The van der Waals surface area contributed by atoms with Crippen LogP contribution in [0.25, 0.3) is 5.69 Å². The van der Waals surface area contributed by atoms with Gasteiger partial charge in [-0.3, -0.25) is 9.78 Å². The number of carbonyl (C=O) groups excluding carboxylic acids is 1. The average Bonchev–Trinajstić information content (AvgIpc) is 3.16. The maximum Gasteiger partial charge on any atom is 0.270 e. The lowest BCUT2D eigenvalue weighted by Crippen LogP contribution is -2.30. The monoisotopic (exact) mass is 350 g/mol. The van der Waals surface area contributed by atoms with Crippen molar-refractivity contribution in [2.24, 2.45) is 0 Å². The Kier molecular flexibility index (Phi) is 5.26. The molecule has 2 aromatic heterocycles. The number of benzene rings is 1. The molecular weight excluding hydrogens is 328 g/mol. The number of pyridine rings is 1. The molecule has 3 aromatic rings. The smallest absolute Gasteiger partial charge is 0.270 e. The average molecular weight is 350 g/mol. The van der Waals surface area contributed by atoms with Gasteiger partial charge in [-0.05, 0) is 50.6 Å². The first kappa shape index (κ1) is 17.6. The first-order chi connectivity index (χ1) is 12.5. The normalized spacial score (nSPS) is 12.0. The fraction of sp³-hybridized carbons (Fsp3) is 0.263. The van der Waals surface area contributed by atoms with Crippen LogP contribution in [0.1, 0.15) is 42.9 Å². The molecule has 0 aliphatic rings. The lowest BCUT2D eigenvalue weighted by molar-refractivity contribution is 0.0938. The number of carbonyl (C=O) groups is 1. The molecule has 0 fully saturated rings. The maximum absolute atomic E-state index is 12.1. The molecule has 2 heterocycles. The number of aromatic nitrogens is 4. The summed E-state index contributed by atoms with van der Waals surface area (Å²) in [5.74, 6) is -0.173. The van der Waals surface area contributed by atoms with Crippen LogP contribution in [0.4, 0.5) is 5.69 Å². The number of rotatable bonds is 6. The van der Waals surface area contributed by atoms with Gasteiger partial charge in [-0.2, -0.15) is 5.10 Å². The second kappa shape index (κ2) is 7.77. The van der Waals surface area contributed by atoms with Gasteiger partial charge in [-0.1, -0.05) is 12.1 Å². The van der Waals surface area contributed by atoms with Gasteiger partial charge in [0.2, 0.25) is 0 Å². The van der Waals surface area contributed by atoms with Crippen molar-refractivity contribution in [1.29, 1.82) is 0 Å². The van der Waals surface area contributed by atoms with E-state index in [1.807, 2.05) is 44.2 Å². The van der Waals surface area contributed by atoms with Crippen molar-refractivity contribution in [3.63, 3.8) is 0 Å². The van der Waals surface area contributed by atoms with Crippen LogP contribution in [-0.2, 0) is 0 Å². The largest absolute Gasteiger partial charge is 0.378 e. The SMILES string of the molecule is CC(C)NC(=O)c1cc(NC(C)c2ccc(-n3cncn3)cc2)ccn1. The molecule has 0 aliphatic heterocycles. The highest BCUT2D eigenvalue weighted by Gasteiger charge is 2.11. The van der Waals surface area contributed by atoms with E-state index in [0.29, 0.717) is 5.69 Å². The molecule has 26 heavy (non-hydrogen) atoms. The molecule has 0 aliphatic carbocycles. The van der Waals surface area contributed by atoms with Crippen LogP contribution in [0.5, 0.6) is 0 Å². The van der Waals surface area contributed by atoms with Gasteiger partial charge < -0.3 is 10.6 Å². The van der Waals surface area contributed by atoms with Crippen LogP contribution in [0.2, 0.25) is 0 Å². The third kappa shape index (κ3) is 4.24. The van der Waals surface area contributed by atoms with E-state index in [1.165, 1.54) is 6.33 Å². The first-order valence-corrected chi connectivity index (χ1v) is 8.51. The van der Waals surface area contributed by atoms with Crippen LogP contribution in [-0.4, -0.2) is 31.7 Å². The molecule has 0 saturated carbocycles. The number of anilines is 1. The van der Waals surface area contributed by atoms with Gasteiger partial charge >= 0.3 is 0 Å². The first-order valence-electron chi connectivity index (χ1n) is 8.51. The second-order valence-electron chi connectivity index (χ2n) is 6.36. The minimum Gasteiger partial charge on any atom is -0.378 e. The molecular formula is C19H22N6O. The molecule has 3 rings (SSSR count). The highest BCUT2D eigenvalue weighted by molar-refractivity contribution is 5.93. The van der Waals surface area contributed by atoms with Crippen LogP contribution in [0, 0.1) is 0 Å². The van der Waals surface area contributed by atoms with Crippen molar-refractivity contribution in [3.8, 4) is 5.69 Å². The summed E-state index contributed by atoms with van der Waals surface area (Å²) in [6.45, 7) is 5.91. The summed E-state index contributed by atoms with van der Waals surface area (Å²) in [6.07, 6.45) is 4.81. The molecule has 1 aromatic carbocycles. The molecule has 1 atom stereocenters. The molecule has 1 amide bonds.